The van der Waals surface area contributed by atoms with E-state index >= 15 is 0 Å². The summed E-state index contributed by atoms with van der Waals surface area (Å²) >= 11 is 3.38. The zero-order valence-electron chi connectivity index (χ0n) is 13.7. The molecule has 0 spiro atoms. The van der Waals surface area contributed by atoms with E-state index in [1.165, 1.54) is 21.6 Å². The summed E-state index contributed by atoms with van der Waals surface area (Å²) in [5.74, 6) is 0.796. The third-order valence-corrected chi connectivity index (χ3v) is 6.85. The standard InChI is InChI=1S/C19H20N2OS2/c1-12-6-7-15-13(10-12)11-17(23-15)19(22)20-9-8-18-21-14-4-2-3-5-16(14)24-18/h2-5,11-12H,6-10H2,1H3,(H,20,22). The second-order valence-electron chi connectivity index (χ2n) is 6.49. The van der Waals surface area contributed by atoms with Crippen LogP contribution in [0.15, 0.2) is 30.3 Å². The van der Waals surface area contributed by atoms with Crippen LogP contribution in [0.4, 0.5) is 0 Å². The number of hydrogen-bond donors (Lipinski definition) is 1. The molecule has 0 aliphatic heterocycles. The zero-order valence-corrected chi connectivity index (χ0v) is 15.3. The highest BCUT2D eigenvalue weighted by atomic mass is 32.1. The summed E-state index contributed by atoms with van der Waals surface area (Å²) in [7, 11) is 0. The number of thiophene rings is 1. The van der Waals surface area contributed by atoms with E-state index in [1.54, 1.807) is 22.7 Å². The van der Waals surface area contributed by atoms with E-state index in [0.29, 0.717) is 6.54 Å². The fraction of sp³-hybridized carbons (Fsp3) is 0.368. The van der Waals surface area contributed by atoms with Gasteiger partial charge in [-0.05, 0) is 48.9 Å². The Morgan fingerprint density at radius 3 is 3.08 bits per heavy atom. The highest BCUT2D eigenvalue weighted by molar-refractivity contribution is 7.18. The Hall–Kier alpha value is -1.72. The Bertz CT molecular complexity index is 848. The number of aromatic nitrogens is 1. The SMILES string of the molecule is CC1CCc2sc(C(=O)NCCc3nc4ccccc4s3)cc2C1. The predicted octanol–water partition coefficient (Wildman–Crippen LogP) is 4.46. The number of thiazole rings is 1. The molecule has 0 radical (unpaired) electrons. The summed E-state index contributed by atoms with van der Waals surface area (Å²) in [6.07, 6.45) is 4.27. The second-order valence-corrected chi connectivity index (χ2v) is 8.74. The predicted molar refractivity (Wildman–Crippen MR) is 101 cm³/mol. The Kier molecular flexibility index (Phi) is 4.37. The van der Waals surface area contributed by atoms with Crippen molar-refractivity contribution < 1.29 is 4.79 Å². The quantitative estimate of drug-likeness (QED) is 0.750. The summed E-state index contributed by atoms with van der Waals surface area (Å²) in [5.41, 5.74) is 2.43. The number of aryl methyl sites for hydroxylation is 1. The van der Waals surface area contributed by atoms with Gasteiger partial charge in [0.15, 0.2) is 0 Å². The van der Waals surface area contributed by atoms with Gasteiger partial charge in [-0.3, -0.25) is 4.79 Å². The van der Waals surface area contributed by atoms with Crippen molar-refractivity contribution in [1.82, 2.24) is 10.3 Å². The molecular formula is C19H20N2OS2. The first-order valence-corrected chi connectivity index (χ1v) is 10.1. The van der Waals surface area contributed by atoms with E-state index in [9.17, 15) is 4.79 Å². The van der Waals surface area contributed by atoms with Crippen molar-refractivity contribution in [1.29, 1.82) is 0 Å². The summed E-state index contributed by atoms with van der Waals surface area (Å²) in [5, 5.41) is 4.13. The first-order valence-electron chi connectivity index (χ1n) is 8.43. The van der Waals surface area contributed by atoms with Crippen LogP contribution >= 0.6 is 22.7 Å². The molecule has 3 nitrogen and oxygen atoms in total. The van der Waals surface area contributed by atoms with Crippen molar-refractivity contribution in [3.8, 4) is 0 Å². The van der Waals surface area contributed by atoms with Crippen LogP contribution in [0.3, 0.4) is 0 Å². The van der Waals surface area contributed by atoms with Gasteiger partial charge in [-0.15, -0.1) is 22.7 Å². The molecule has 4 rings (SSSR count). The number of carbonyl (C=O) groups is 1. The number of rotatable bonds is 4. The lowest BCUT2D eigenvalue weighted by molar-refractivity contribution is 0.0958. The van der Waals surface area contributed by atoms with Crippen LogP contribution in [0.5, 0.6) is 0 Å². The molecule has 124 valence electrons. The molecule has 2 heterocycles. The zero-order chi connectivity index (χ0) is 16.5. The first kappa shape index (κ1) is 15.8. The number of nitrogens with zero attached hydrogens (tertiary/aromatic N) is 1. The van der Waals surface area contributed by atoms with Gasteiger partial charge in [0.2, 0.25) is 0 Å². The molecule has 1 N–H and O–H groups in total. The summed E-state index contributed by atoms with van der Waals surface area (Å²) < 4.78 is 1.21. The molecule has 0 saturated heterocycles. The number of carbonyl (C=O) groups excluding carboxylic acids is 1. The summed E-state index contributed by atoms with van der Waals surface area (Å²) in [4.78, 5) is 19.3. The van der Waals surface area contributed by atoms with Crippen molar-refractivity contribution in [2.45, 2.75) is 32.6 Å². The van der Waals surface area contributed by atoms with Crippen molar-refractivity contribution >= 4 is 38.8 Å². The summed E-state index contributed by atoms with van der Waals surface area (Å²) in [6, 6.07) is 10.3. The Labute approximate surface area is 149 Å². The van der Waals surface area contributed by atoms with Gasteiger partial charge in [0, 0.05) is 17.8 Å². The van der Waals surface area contributed by atoms with Gasteiger partial charge >= 0.3 is 0 Å². The van der Waals surface area contributed by atoms with E-state index in [2.05, 4.69) is 29.4 Å². The molecule has 1 aromatic carbocycles. The molecule has 1 aliphatic rings. The average Bonchev–Trinajstić information content (AvgIpc) is 3.17. The minimum Gasteiger partial charge on any atom is -0.351 e. The molecule has 1 aliphatic carbocycles. The van der Waals surface area contributed by atoms with Crippen molar-refractivity contribution in [3.05, 3.63) is 50.7 Å². The van der Waals surface area contributed by atoms with Gasteiger partial charge in [0.05, 0.1) is 20.1 Å². The molecule has 0 fully saturated rings. The number of fused-ring (bicyclic) bond motifs is 2. The Balaban J connectivity index is 1.36. The molecule has 1 unspecified atom stereocenters. The minimum absolute atomic E-state index is 0.0585. The lowest BCUT2D eigenvalue weighted by Crippen LogP contribution is -2.24. The first-order chi connectivity index (χ1) is 11.7. The molecule has 0 bridgehead atoms. The van der Waals surface area contributed by atoms with Gasteiger partial charge in [-0.25, -0.2) is 4.98 Å². The average molecular weight is 357 g/mol. The fourth-order valence-electron chi connectivity index (χ4n) is 3.21. The molecule has 24 heavy (non-hydrogen) atoms. The van der Waals surface area contributed by atoms with Crippen LogP contribution in [-0.2, 0) is 19.3 Å². The van der Waals surface area contributed by atoms with Crippen LogP contribution in [-0.4, -0.2) is 17.4 Å². The highest BCUT2D eigenvalue weighted by Crippen LogP contribution is 2.32. The summed E-state index contributed by atoms with van der Waals surface area (Å²) in [6.45, 7) is 2.93. The van der Waals surface area contributed by atoms with E-state index < -0.39 is 0 Å². The lowest BCUT2D eigenvalue weighted by atomic mass is 9.90. The van der Waals surface area contributed by atoms with Crippen LogP contribution in [0, 0.1) is 5.92 Å². The number of hydrogen-bond acceptors (Lipinski definition) is 4. The third kappa shape index (κ3) is 3.23. The lowest BCUT2D eigenvalue weighted by Gasteiger charge is -2.16. The molecule has 1 atom stereocenters. The number of benzene rings is 1. The molecule has 3 aromatic rings. The number of amides is 1. The second kappa shape index (κ2) is 6.65. The molecule has 0 saturated carbocycles. The van der Waals surface area contributed by atoms with Gasteiger partial charge in [0.25, 0.3) is 5.91 Å². The van der Waals surface area contributed by atoms with E-state index in [0.717, 1.165) is 40.6 Å². The minimum atomic E-state index is 0.0585. The topological polar surface area (TPSA) is 42.0 Å². The van der Waals surface area contributed by atoms with E-state index in [1.807, 2.05) is 18.2 Å². The van der Waals surface area contributed by atoms with Gasteiger partial charge < -0.3 is 5.32 Å². The maximum Gasteiger partial charge on any atom is 0.261 e. The van der Waals surface area contributed by atoms with Gasteiger partial charge in [-0.1, -0.05) is 19.1 Å². The highest BCUT2D eigenvalue weighted by Gasteiger charge is 2.20. The van der Waals surface area contributed by atoms with Crippen LogP contribution in [0.1, 0.15) is 38.5 Å². The van der Waals surface area contributed by atoms with Crippen molar-refractivity contribution in [2.75, 3.05) is 6.54 Å². The normalized spacial score (nSPS) is 17.0. The third-order valence-electron chi connectivity index (χ3n) is 4.52. The van der Waals surface area contributed by atoms with Crippen molar-refractivity contribution in [2.24, 2.45) is 5.92 Å². The van der Waals surface area contributed by atoms with E-state index in [-0.39, 0.29) is 5.91 Å². The maximum absolute atomic E-state index is 12.4. The fourth-order valence-corrected chi connectivity index (χ4v) is 5.31. The molecular weight excluding hydrogens is 336 g/mol. The Morgan fingerprint density at radius 2 is 2.21 bits per heavy atom. The monoisotopic (exact) mass is 356 g/mol. The Morgan fingerprint density at radius 1 is 1.33 bits per heavy atom. The van der Waals surface area contributed by atoms with E-state index in [4.69, 9.17) is 0 Å². The molecule has 2 aromatic heterocycles. The maximum atomic E-state index is 12.4. The number of nitrogens with one attached hydrogen (secondary N) is 1. The number of para-hydroxylation sites is 1. The smallest absolute Gasteiger partial charge is 0.261 e. The van der Waals surface area contributed by atoms with Crippen molar-refractivity contribution in [3.63, 3.8) is 0 Å². The van der Waals surface area contributed by atoms with Crippen LogP contribution < -0.4 is 5.32 Å². The van der Waals surface area contributed by atoms with Gasteiger partial charge in [-0.2, -0.15) is 0 Å². The van der Waals surface area contributed by atoms with Crippen LogP contribution in [0.25, 0.3) is 10.2 Å². The molecule has 1 amide bonds. The van der Waals surface area contributed by atoms with Crippen LogP contribution in [0.2, 0.25) is 0 Å². The largest absolute Gasteiger partial charge is 0.351 e. The van der Waals surface area contributed by atoms with Gasteiger partial charge in [0.1, 0.15) is 0 Å². The molecule has 5 heteroatoms.